The lowest BCUT2D eigenvalue weighted by atomic mass is 9.89. The molecule has 5 rings (SSSR count). The van der Waals surface area contributed by atoms with E-state index in [0.717, 1.165) is 67.1 Å². The fraction of sp³-hybridized carbons (Fsp3) is 0.348. The first kappa shape index (κ1) is 18.9. The molecule has 0 radical (unpaired) electrons. The standard InChI is InChI=1S/C23H25FN4O2/c1-13-19(23(30)28-10-8-27(2)9-11-28)15-4-3-5-16(21(15)25-13)20-17-12-14(24)6-7-18(17)26-22(20)29/h5-7,12,25-26,29H,3-4,8-11H2,1-2H3. The van der Waals surface area contributed by atoms with Crippen LogP contribution in [0.15, 0.2) is 24.3 Å². The molecule has 7 heteroatoms. The Morgan fingerprint density at radius 3 is 2.70 bits per heavy atom. The van der Waals surface area contributed by atoms with Crippen molar-refractivity contribution < 1.29 is 14.3 Å². The predicted molar refractivity (Wildman–Crippen MR) is 114 cm³/mol. The summed E-state index contributed by atoms with van der Waals surface area (Å²) in [7, 11) is 2.07. The zero-order chi connectivity index (χ0) is 21.0. The van der Waals surface area contributed by atoms with E-state index < -0.39 is 0 Å². The van der Waals surface area contributed by atoms with Crippen LogP contribution in [0.5, 0.6) is 5.88 Å². The number of hydrogen-bond acceptors (Lipinski definition) is 3. The Balaban J connectivity index is 1.59. The average molecular weight is 408 g/mol. The molecule has 0 spiro atoms. The number of benzene rings is 1. The number of likely N-dealkylation sites (N-methyl/N-ethyl adjacent to an activating group) is 1. The number of fused-ring (bicyclic) bond motifs is 2. The second-order valence-corrected chi connectivity index (χ2v) is 8.27. The number of carbonyl (C=O) groups excluding carboxylic acids is 1. The van der Waals surface area contributed by atoms with Gasteiger partial charge in [-0.1, -0.05) is 6.08 Å². The molecule has 0 bridgehead atoms. The second kappa shape index (κ2) is 7.02. The van der Waals surface area contributed by atoms with E-state index in [2.05, 4.69) is 28.0 Å². The number of halogens is 1. The van der Waals surface area contributed by atoms with E-state index in [-0.39, 0.29) is 17.6 Å². The van der Waals surface area contributed by atoms with E-state index in [9.17, 15) is 14.3 Å². The highest BCUT2D eigenvalue weighted by Gasteiger charge is 2.31. The van der Waals surface area contributed by atoms with Gasteiger partial charge in [-0.3, -0.25) is 4.79 Å². The van der Waals surface area contributed by atoms with Gasteiger partial charge in [-0.25, -0.2) is 4.39 Å². The molecule has 2 aliphatic rings. The highest BCUT2D eigenvalue weighted by molar-refractivity contribution is 6.03. The third-order valence-corrected chi connectivity index (χ3v) is 6.32. The van der Waals surface area contributed by atoms with Crippen LogP contribution in [0, 0.1) is 12.7 Å². The molecule has 1 aromatic carbocycles. The Bertz CT molecular complexity index is 1180. The second-order valence-electron chi connectivity index (χ2n) is 8.27. The van der Waals surface area contributed by atoms with Crippen molar-refractivity contribution in [2.45, 2.75) is 19.8 Å². The van der Waals surface area contributed by atoms with Gasteiger partial charge in [0.25, 0.3) is 5.91 Å². The summed E-state index contributed by atoms with van der Waals surface area (Å²) >= 11 is 0. The van der Waals surface area contributed by atoms with Crippen LogP contribution in [-0.4, -0.2) is 64.0 Å². The quantitative estimate of drug-likeness (QED) is 0.608. The van der Waals surface area contributed by atoms with Gasteiger partial charge in [-0.05, 0) is 50.6 Å². The summed E-state index contributed by atoms with van der Waals surface area (Å²) in [5, 5.41) is 11.2. The molecule has 3 aromatic rings. The normalized spacial score (nSPS) is 17.3. The average Bonchev–Trinajstić information content (AvgIpc) is 3.23. The Hall–Kier alpha value is -3.06. The number of nitrogens with zero attached hydrogens (tertiary/aromatic N) is 2. The van der Waals surface area contributed by atoms with Gasteiger partial charge in [-0.15, -0.1) is 0 Å². The number of aryl methyl sites for hydroxylation is 1. The van der Waals surface area contributed by atoms with Crippen LogP contribution in [0.4, 0.5) is 4.39 Å². The minimum Gasteiger partial charge on any atom is -0.494 e. The highest BCUT2D eigenvalue weighted by atomic mass is 19.1. The molecule has 0 saturated carbocycles. The number of allylic oxidation sites excluding steroid dienone is 1. The summed E-state index contributed by atoms with van der Waals surface area (Å²) in [6.45, 7) is 5.11. The Morgan fingerprint density at radius 1 is 1.17 bits per heavy atom. The zero-order valence-electron chi connectivity index (χ0n) is 17.2. The molecule has 0 unspecified atom stereocenters. The molecule has 1 fully saturated rings. The van der Waals surface area contributed by atoms with E-state index in [1.165, 1.54) is 12.1 Å². The lowest BCUT2D eigenvalue weighted by molar-refractivity contribution is 0.0662. The van der Waals surface area contributed by atoms with Crippen molar-refractivity contribution in [3.05, 3.63) is 58.2 Å². The lowest BCUT2D eigenvalue weighted by Crippen LogP contribution is -2.47. The van der Waals surface area contributed by atoms with Crippen LogP contribution in [0.25, 0.3) is 16.5 Å². The van der Waals surface area contributed by atoms with Gasteiger partial charge in [0.1, 0.15) is 5.82 Å². The molecule has 0 atom stereocenters. The van der Waals surface area contributed by atoms with Gasteiger partial charge >= 0.3 is 0 Å². The fourth-order valence-corrected chi connectivity index (χ4v) is 4.73. The van der Waals surface area contributed by atoms with Gasteiger partial charge in [0.05, 0.1) is 16.8 Å². The molecule has 1 aliphatic heterocycles. The molecule has 2 aromatic heterocycles. The SMILES string of the molecule is Cc1[nH]c2c(c1C(=O)N1CCN(C)CC1)CCC=C2c1c(O)[nH]c2ccc(F)cc12. The molecule has 30 heavy (non-hydrogen) atoms. The molecule has 1 aliphatic carbocycles. The first-order valence-corrected chi connectivity index (χ1v) is 10.3. The van der Waals surface area contributed by atoms with Crippen molar-refractivity contribution in [1.29, 1.82) is 0 Å². The molecular weight excluding hydrogens is 383 g/mol. The van der Waals surface area contributed by atoms with Crippen LogP contribution >= 0.6 is 0 Å². The molecule has 3 N–H and O–H groups in total. The summed E-state index contributed by atoms with van der Waals surface area (Å²) in [5.41, 5.74) is 5.47. The monoisotopic (exact) mass is 408 g/mol. The first-order chi connectivity index (χ1) is 14.4. The number of carbonyl (C=O) groups is 1. The van der Waals surface area contributed by atoms with Gasteiger partial charge in [-0.2, -0.15) is 0 Å². The summed E-state index contributed by atoms with van der Waals surface area (Å²) in [4.78, 5) is 23.8. The molecule has 1 saturated heterocycles. The minimum absolute atomic E-state index is 0.00824. The van der Waals surface area contributed by atoms with Crippen molar-refractivity contribution in [3.8, 4) is 5.88 Å². The van der Waals surface area contributed by atoms with Crippen molar-refractivity contribution in [2.75, 3.05) is 33.2 Å². The Labute approximate surface area is 174 Å². The molecule has 6 nitrogen and oxygen atoms in total. The summed E-state index contributed by atoms with van der Waals surface area (Å²) in [5.74, 6) is -0.282. The van der Waals surface area contributed by atoms with Crippen molar-refractivity contribution >= 4 is 22.4 Å². The number of amides is 1. The Kier molecular flexibility index (Phi) is 4.43. The summed E-state index contributed by atoms with van der Waals surface area (Å²) in [6.07, 6.45) is 3.56. The van der Waals surface area contributed by atoms with Gasteiger partial charge < -0.3 is 24.9 Å². The number of hydrogen-bond donors (Lipinski definition) is 3. The maximum atomic E-state index is 13.9. The third kappa shape index (κ3) is 2.92. The van der Waals surface area contributed by atoms with Crippen molar-refractivity contribution in [2.24, 2.45) is 0 Å². The maximum absolute atomic E-state index is 13.9. The molecule has 156 valence electrons. The van der Waals surface area contributed by atoms with E-state index in [0.29, 0.717) is 16.5 Å². The van der Waals surface area contributed by atoms with E-state index >= 15 is 0 Å². The van der Waals surface area contributed by atoms with Crippen LogP contribution in [0.3, 0.4) is 0 Å². The third-order valence-electron chi connectivity index (χ3n) is 6.32. The topological polar surface area (TPSA) is 75.4 Å². The number of nitrogens with one attached hydrogen (secondary N) is 2. The van der Waals surface area contributed by atoms with Crippen LogP contribution in [0.2, 0.25) is 0 Å². The van der Waals surface area contributed by atoms with Crippen LogP contribution in [0.1, 0.15) is 39.3 Å². The largest absolute Gasteiger partial charge is 0.494 e. The van der Waals surface area contributed by atoms with Crippen LogP contribution < -0.4 is 0 Å². The first-order valence-electron chi connectivity index (χ1n) is 10.3. The number of aromatic hydroxyl groups is 1. The Morgan fingerprint density at radius 2 is 1.93 bits per heavy atom. The highest BCUT2D eigenvalue weighted by Crippen LogP contribution is 2.41. The van der Waals surface area contributed by atoms with Crippen LogP contribution in [-0.2, 0) is 6.42 Å². The zero-order valence-corrected chi connectivity index (χ0v) is 17.2. The predicted octanol–water partition coefficient (Wildman–Crippen LogP) is 3.41. The van der Waals surface area contributed by atoms with E-state index in [4.69, 9.17) is 0 Å². The van der Waals surface area contributed by atoms with Crippen molar-refractivity contribution in [1.82, 2.24) is 19.8 Å². The minimum atomic E-state index is -0.354. The number of rotatable bonds is 2. The molecular formula is C23H25FN4O2. The maximum Gasteiger partial charge on any atom is 0.256 e. The van der Waals surface area contributed by atoms with E-state index in [1.54, 1.807) is 6.07 Å². The number of piperazine rings is 1. The van der Waals surface area contributed by atoms with E-state index in [1.807, 2.05) is 11.8 Å². The smallest absolute Gasteiger partial charge is 0.256 e. The molecule has 1 amide bonds. The number of H-pyrrole nitrogens is 2. The fourth-order valence-electron chi connectivity index (χ4n) is 4.73. The number of aromatic amines is 2. The van der Waals surface area contributed by atoms with Gasteiger partial charge in [0.2, 0.25) is 0 Å². The number of aromatic nitrogens is 2. The van der Waals surface area contributed by atoms with Gasteiger partial charge in [0.15, 0.2) is 5.88 Å². The summed E-state index contributed by atoms with van der Waals surface area (Å²) < 4.78 is 13.9. The van der Waals surface area contributed by atoms with Crippen molar-refractivity contribution in [3.63, 3.8) is 0 Å². The molecule has 3 heterocycles. The summed E-state index contributed by atoms with van der Waals surface area (Å²) in [6, 6.07) is 4.43. The lowest BCUT2D eigenvalue weighted by Gasteiger charge is -2.32. The van der Waals surface area contributed by atoms with Gasteiger partial charge in [0, 0.05) is 48.3 Å².